The summed E-state index contributed by atoms with van der Waals surface area (Å²) in [6.07, 6.45) is 0. The third-order valence-corrected chi connectivity index (χ3v) is 17.1. The van der Waals surface area contributed by atoms with Crippen LogP contribution in [0.1, 0.15) is 5.56 Å². The predicted octanol–water partition coefficient (Wildman–Crippen LogP) is 20.8. The zero-order chi connectivity index (χ0) is 52.7. The fourth-order valence-corrected chi connectivity index (χ4v) is 13.6. The Bertz CT molecular complexity index is 5210. The van der Waals surface area contributed by atoms with E-state index in [4.69, 9.17) is 6.57 Å². The third kappa shape index (κ3) is 6.42. The van der Waals surface area contributed by atoms with Crippen molar-refractivity contribution in [2.45, 2.75) is 0 Å². The molecule has 0 N–H and O–H groups in total. The molecule has 2 aromatic heterocycles. The SMILES string of the molecule is [C-]#[N+]c1cc2ccc3cc(-c4ccc5c(-c6ccc7ccccc7c6)c6cc(-c7cc8ccc9cc(C#N)cc%10c9c8c(c7)n%10-c7ccccc7)ccc6c(-c6ccc7ccccc7c6)c5c4)cc4c3c2c(c1)n4-c1ccccc1. The summed E-state index contributed by atoms with van der Waals surface area (Å²) in [5.74, 6) is 0. The number of hydrogen-bond donors (Lipinski definition) is 0. The van der Waals surface area contributed by atoms with Crippen LogP contribution in [-0.2, 0) is 0 Å². The molecule has 4 nitrogen and oxygen atoms in total. The second-order valence-electron chi connectivity index (χ2n) is 21.4. The molecule has 0 aliphatic carbocycles. The van der Waals surface area contributed by atoms with E-state index in [1.165, 1.54) is 75.8 Å². The average Bonchev–Trinajstić information content (AvgIpc) is 4.23. The van der Waals surface area contributed by atoms with Crippen molar-refractivity contribution in [1.29, 1.82) is 5.26 Å². The predicted molar refractivity (Wildman–Crippen MR) is 335 cm³/mol. The molecule has 15 aromatic carbocycles. The zero-order valence-electron chi connectivity index (χ0n) is 43.0. The Morgan fingerprint density at radius 2 is 0.688 bits per heavy atom. The van der Waals surface area contributed by atoms with Gasteiger partial charge in [0.05, 0.1) is 34.8 Å². The molecule has 2 heterocycles. The van der Waals surface area contributed by atoms with Gasteiger partial charge in [-0.15, -0.1) is 0 Å². The van der Waals surface area contributed by atoms with Gasteiger partial charge in [-0.1, -0.05) is 158 Å². The highest BCUT2D eigenvalue weighted by Crippen LogP contribution is 2.50. The van der Waals surface area contributed by atoms with Crippen LogP contribution >= 0.6 is 0 Å². The van der Waals surface area contributed by atoms with Crippen LogP contribution in [0.25, 0.3) is 169 Å². The number of hydrogen-bond acceptors (Lipinski definition) is 1. The molecule has 0 aliphatic rings. The van der Waals surface area contributed by atoms with Gasteiger partial charge in [0.2, 0.25) is 0 Å². The fourth-order valence-electron chi connectivity index (χ4n) is 13.6. The van der Waals surface area contributed by atoms with Crippen LogP contribution in [0.3, 0.4) is 0 Å². The van der Waals surface area contributed by atoms with Gasteiger partial charge in [-0.25, -0.2) is 4.85 Å². The Morgan fingerprint density at radius 1 is 0.300 bits per heavy atom. The first-order valence-corrected chi connectivity index (χ1v) is 27.1. The largest absolute Gasteiger partial charge is 0.310 e. The first-order valence-electron chi connectivity index (χ1n) is 27.1. The van der Waals surface area contributed by atoms with Crippen LogP contribution in [0, 0.1) is 17.9 Å². The molecule has 0 saturated heterocycles. The summed E-state index contributed by atoms with van der Waals surface area (Å²) in [5.41, 5.74) is 16.9. The van der Waals surface area contributed by atoms with E-state index < -0.39 is 0 Å². The van der Waals surface area contributed by atoms with Crippen molar-refractivity contribution in [3.05, 3.63) is 272 Å². The fraction of sp³-hybridized carbons (Fsp3) is 0. The first kappa shape index (κ1) is 44.1. The molecule has 0 fully saturated rings. The summed E-state index contributed by atoms with van der Waals surface area (Å²) < 4.78 is 4.69. The summed E-state index contributed by atoms with van der Waals surface area (Å²) in [5, 5.41) is 28.9. The van der Waals surface area contributed by atoms with Crippen molar-refractivity contribution < 1.29 is 0 Å². The minimum absolute atomic E-state index is 0.632. The normalized spacial score (nSPS) is 12.0. The van der Waals surface area contributed by atoms with E-state index in [1.54, 1.807) is 0 Å². The van der Waals surface area contributed by atoms with Crippen molar-refractivity contribution in [2.75, 3.05) is 0 Å². The summed E-state index contributed by atoms with van der Waals surface area (Å²) in [4.78, 5) is 3.92. The molecule has 0 bridgehead atoms. The molecule has 366 valence electrons. The maximum Gasteiger partial charge on any atom is 0.189 e. The number of nitrogens with zero attached hydrogens (tertiary/aromatic N) is 4. The lowest BCUT2D eigenvalue weighted by Crippen LogP contribution is -1.95. The number of rotatable bonds is 6. The van der Waals surface area contributed by atoms with Crippen molar-refractivity contribution in [1.82, 2.24) is 9.13 Å². The van der Waals surface area contributed by atoms with Crippen molar-refractivity contribution in [3.63, 3.8) is 0 Å². The minimum Gasteiger partial charge on any atom is -0.310 e. The highest BCUT2D eigenvalue weighted by molar-refractivity contribution is 6.28. The monoisotopic (exact) mass is 1010 g/mol. The molecular weight excluding hydrogens is 969 g/mol. The molecular formula is C76H42N4. The Morgan fingerprint density at radius 3 is 1.16 bits per heavy atom. The third-order valence-electron chi connectivity index (χ3n) is 17.1. The first-order chi connectivity index (χ1) is 39.5. The average molecular weight is 1010 g/mol. The van der Waals surface area contributed by atoms with Crippen molar-refractivity contribution in [2.24, 2.45) is 0 Å². The van der Waals surface area contributed by atoms with Gasteiger partial charge >= 0.3 is 0 Å². The van der Waals surface area contributed by atoms with Crippen LogP contribution in [0.2, 0.25) is 0 Å². The second-order valence-corrected chi connectivity index (χ2v) is 21.4. The van der Waals surface area contributed by atoms with Gasteiger partial charge < -0.3 is 9.13 Å². The van der Waals surface area contributed by atoms with E-state index >= 15 is 0 Å². The minimum atomic E-state index is 0.632. The molecule has 80 heavy (non-hydrogen) atoms. The highest BCUT2D eigenvalue weighted by atomic mass is 15.0. The second kappa shape index (κ2) is 16.7. The molecule has 0 aliphatic heterocycles. The van der Waals surface area contributed by atoms with E-state index in [0.717, 1.165) is 88.4 Å². The van der Waals surface area contributed by atoms with Crippen LogP contribution in [-0.4, -0.2) is 9.13 Å². The van der Waals surface area contributed by atoms with Gasteiger partial charge in [0.15, 0.2) is 5.69 Å². The van der Waals surface area contributed by atoms with Gasteiger partial charge in [0, 0.05) is 38.4 Å². The topological polar surface area (TPSA) is 38.0 Å². The quantitative estimate of drug-likeness (QED) is 0.0929. The van der Waals surface area contributed by atoms with Crippen molar-refractivity contribution >= 4 is 114 Å². The van der Waals surface area contributed by atoms with Gasteiger partial charge in [0.25, 0.3) is 0 Å². The van der Waals surface area contributed by atoms with Gasteiger partial charge in [-0.3, -0.25) is 0 Å². The van der Waals surface area contributed by atoms with Crippen molar-refractivity contribution in [3.8, 4) is 62.0 Å². The molecule has 0 radical (unpaired) electrons. The lowest BCUT2D eigenvalue weighted by atomic mass is 9.83. The molecule has 0 atom stereocenters. The van der Waals surface area contributed by atoms with E-state index in [2.05, 4.69) is 257 Å². The summed E-state index contributed by atoms with van der Waals surface area (Å²) in [6.45, 7) is 8.04. The number of fused-ring (bicyclic) bond motifs is 4. The molecule has 0 spiro atoms. The summed E-state index contributed by atoms with van der Waals surface area (Å²) >= 11 is 0. The molecule has 17 rings (SSSR count). The number of benzene rings is 15. The number of aromatic nitrogens is 2. The molecule has 0 amide bonds. The number of para-hydroxylation sites is 2. The Kier molecular flexibility index (Phi) is 9.23. The summed E-state index contributed by atoms with van der Waals surface area (Å²) in [7, 11) is 0. The Hall–Kier alpha value is -11.0. The van der Waals surface area contributed by atoms with E-state index in [0.29, 0.717) is 11.3 Å². The lowest BCUT2D eigenvalue weighted by molar-refractivity contribution is 1.18. The van der Waals surface area contributed by atoms with Gasteiger partial charge in [-0.05, 0) is 206 Å². The summed E-state index contributed by atoms with van der Waals surface area (Å²) in [6, 6.07) is 95.4. The Balaban J connectivity index is 0.964. The molecule has 0 saturated carbocycles. The van der Waals surface area contributed by atoms with E-state index in [-0.39, 0.29) is 0 Å². The maximum atomic E-state index is 10.2. The smallest absolute Gasteiger partial charge is 0.189 e. The van der Waals surface area contributed by atoms with E-state index in [9.17, 15) is 5.26 Å². The molecule has 0 unspecified atom stereocenters. The Labute approximate surface area is 459 Å². The van der Waals surface area contributed by atoms with Crippen LogP contribution < -0.4 is 0 Å². The molecule has 4 heteroatoms. The number of nitriles is 1. The maximum absolute atomic E-state index is 10.2. The standard InChI is InChI=1S/C76H42N4/c1-78-60-38-57-27-26-56-37-59(42-69-75(56)76(57)70(43-60)80(69)62-18-6-3-7-19-62)51-29-31-64-66(40-51)72(54-23-21-47-13-9-11-15-49(47)35-54)63-30-28-50(39-65(63)71(64)53-22-20-46-12-8-10-14-48(46)34-53)58-36-55-25-24-52-32-45(44-77)33-67-73(52)74(55)68(41-58)79(67)61-16-4-2-5-17-61/h2-43H. The van der Waals surface area contributed by atoms with Crippen LogP contribution in [0.15, 0.2) is 255 Å². The molecule has 17 aromatic rings. The van der Waals surface area contributed by atoms with Crippen LogP contribution in [0.5, 0.6) is 0 Å². The van der Waals surface area contributed by atoms with Gasteiger partial charge in [-0.2, -0.15) is 5.26 Å². The van der Waals surface area contributed by atoms with Gasteiger partial charge in [0.1, 0.15) is 0 Å². The van der Waals surface area contributed by atoms with Crippen LogP contribution in [0.4, 0.5) is 5.69 Å². The lowest BCUT2D eigenvalue weighted by Gasteiger charge is -2.20. The zero-order valence-corrected chi connectivity index (χ0v) is 43.0. The van der Waals surface area contributed by atoms with E-state index in [1.807, 2.05) is 18.2 Å². The highest BCUT2D eigenvalue weighted by Gasteiger charge is 2.24.